The van der Waals surface area contributed by atoms with Gasteiger partial charge in [0.1, 0.15) is 5.82 Å². The Kier molecular flexibility index (Phi) is 6.18. The summed E-state index contributed by atoms with van der Waals surface area (Å²) in [4.78, 5) is -0.0893. The molecule has 0 fully saturated rings. The molecule has 1 aromatic carbocycles. The molecule has 0 saturated carbocycles. The molecule has 0 unspecified atom stereocenters. The zero-order valence-electron chi connectivity index (χ0n) is 10.2. The van der Waals surface area contributed by atoms with Crippen LogP contribution in [-0.4, -0.2) is 26.7 Å². The van der Waals surface area contributed by atoms with E-state index in [1.165, 1.54) is 0 Å². The highest BCUT2D eigenvalue weighted by Crippen LogP contribution is 2.26. The first-order valence-corrected chi connectivity index (χ1v) is 8.01. The quantitative estimate of drug-likeness (QED) is 0.512. The minimum absolute atomic E-state index is 0.0893. The molecule has 4 N–H and O–H groups in total. The number of hydrogen-bond acceptors (Lipinski definition) is 4. The van der Waals surface area contributed by atoms with Crippen molar-refractivity contribution in [3.8, 4) is 0 Å². The van der Waals surface area contributed by atoms with Crippen LogP contribution < -0.4 is 10.5 Å². The summed E-state index contributed by atoms with van der Waals surface area (Å²) in [6, 6.07) is 2.10. The van der Waals surface area contributed by atoms with Crippen molar-refractivity contribution in [1.29, 1.82) is 0 Å². The fourth-order valence-electron chi connectivity index (χ4n) is 1.45. The largest absolute Gasteiger partial charge is 0.396 e. The highest BCUT2D eigenvalue weighted by Gasteiger charge is 2.19. The van der Waals surface area contributed by atoms with Crippen molar-refractivity contribution in [3.05, 3.63) is 22.4 Å². The number of nitrogens with one attached hydrogen (secondary N) is 1. The molecule has 108 valence electrons. The third-order valence-electron chi connectivity index (χ3n) is 2.47. The second kappa shape index (κ2) is 7.18. The van der Waals surface area contributed by atoms with Gasteiger partial charge in [0.05, 0.1) is 10.6 Å². The summed E-state index contributed by atoms with van der Waals surface area (Å²) in [5.74, 6) is -0.672. The molecule has 0 saturated heterocycles. The SMILES string of the molecule is Nc1cc(S(=O)(=O)NCCCCCO)c(Br)cc1F. The lowest BCUT2D eigenvalue weighted by Crippen LogP contribution is -2.25. The van der Waals surface area contributed by atoms with Crippen molar-refractivity contribution in [2.45, 2.75) is 24.2 Å². The van der Waals surface area contributed by atoms with E-state index in [0.717, 1.165) is 18.6 Å². The number of benzene rings is 1. The van der Waals surface area contributed by atoms with Gasteiger partial charge in [-0.05, 0) is 47.3 Å². The maximum Gasteiger partial charge on any atom is 0.241 e. The van der Waals surface area contributed by atoms with Gasteiger partial charge in [-0.25, -0.2) is 17.5 Å². The average Bonchev–Trinajstić information content (AvgIpc) is 2.33. The van der Waals surface area contributed by atoms with Crippen LogP contribution in [-0.2, 0) is 10.0 Å². The number of sulfonamides is 1. The van der Waals surface area contributed by atoms with Crippen molar-refractivity contribution >= 4 is 31.6 Å². The smallest absolute Gasteiger partial charge is 0.241 e. The summed E-state index contributed by atoms with van der Waals surface area (Å²) in [6.07, 6.45) is 1.98. The Morgan fingerprint density at radius 3 is 2.63 bits per heavy atom. The Bertz CT molecular complexity index is 537. The van der Waals surface area contributed by atoms with E-state index < -0.39 is 15.8 Å². The molecule has 0 aromatic heterocycles. The van der Waals surface area contributed by atoms with E-state index in [1.807, 2.05) is 0 Å². The summed E-state index contributed by atoms with van der Waals surface area (Å²) in [6.45, 7) is 0.346. The maximum absolute atomic E-state index is 13.1. The fourth-order valence-corrected chi connectivity index (χ4v) is 3.57. The van der Waals surface area contributed by atoms with E-state index in [2.05, 4.69) is 20.7 Å². The Balaban J connectivity index is 2.75. The standard InChI is InChI=1S/C11H16BrFN2O3S/c12-8-6-9(13)10(14)7-11(8)19(17,18)15-4-2-1-3-5-16/h6-7,15-16H,1-5,14H2. The topological polar surface area (TPSA) is 92.4 Å². The van der Waals surface area contributed by atoms with Gasteiger partial charge in [0.25, 0.3) is 0 Å². The van der Waals surface area contributed by atoms with Crippen molar-refractivity contribution < 1.29 is 17.9 Å². The van der Waals surface area contributed by atoms with E-state index in [1.54, 1.807) is 0 Å². The molecular formula is C11H16BrFN2O3S. The average molecular weight is 355 g/mol. The number of nitrogen functional groups attached to an aromatic ring is 1. The molecule has 1 rings (SSSR count). The monoisotopic (exact) mass is 354 g/mol. The van der Waals surface area contributed by atoms with Crippen molar-refractivity contribution in [2.75, 3.05) is 18.9 Å². The Labute approximate surface area is 120 Å². The van der Waals surface area contributed by atoms with Gasteiger partial charge in [0.15, 0.2) is 0 Å². The predicted octanol–water partition coefficient (Wildman–Crippen LogP) is 1.61. The molecule has 1 aromatic rings. The third kappa shape index (κ3) is 4.72. The Hall–Kier alpha value is -0.700. The van der Waals surface area contributed by atoms with E-state index in [4.69, 9.17) is 10.8 Å². The number of aliphatic hydroxyl groups excluding tert-OH is 1. The van der Waals surface area contributed by atoms with Crippen molar-refractivity contribution in [3.63, 3.8) is 0 Å². The van der Waals surface area contributed by atoms with Gasteiger partial charge in [-0.2, -0.15) is 0 Å². The highest BCUT2D eigenvalue weighted by molar-refractivity contribution is 9.10. The fraction of sp³-hybridized carbons (Fsp3) is 0.455. The van der Waals surface area contributed by atoms with Crippen LogP contribution in [0.1, 0.15) is 19.3 Å². The molecule has 19 heavy (non-hydrogen) atoms. The van der Waals surface area contributed by atoms with Crippen molar-refractivity contribution in [2.24, 2.45) is 0 Å². The number of rotatable bonds is 7. The number of anilines is 1. The minimum Gasteiger partial charge on any atom is -0.396 e. The van der Waals surface area contributed by atoms with Gasteiger partial charge in [-0.3, -0.25) is 0 Å². The summed E-state index contributed by atoms with van der Waals surface area (Å²) < 4.78 is 39.6. The van der Waals surface area contributed by atoms with Crippen LogP contribution in [0.4, 0.5) is 10.1 Å². The molecule has 0 aliphatic rings. The molecule has 0 aliphatic carbocycles. The molecule has 8 heteroatoms. The summed E-state index contributed by atoms with van der Waals surface area (Å²) >= 11 is 3.00. The third-order valence-corrected chi connectivity index (χ3v) is 4.89. The first-order chi connectivity index (χ1) is 8.88. The van der Waals surface area contributed by atoms with Crippen LogP contribution >= 0.6 is 15.9 Å². The van der Waals surface area contributed by atoms with E-state index in [0.29, 0.717) is 12.8 Å². The molecule has 0 spiro atoms. The second-order valence-electron chi connectivity index (χ2n) is 3.99. The molecule has 0 bridgehead atoms. The van der Waals surface area contributed by atoms with Gasteiger partial charge in [-0.15, -0.1) is 0 Å². The molecule has 5 nitrogen and oxygen atoms in total. The molecule has 0 aliphatic heterocycles. The van der Waals surface area contributed by atoms with Gasteiger partial charge in [-0.1, -0.05) is 0 Å². The highest BCUT2D eigenvalue weighted by atomic mass is 79.9. The summed E-state index contributed by atoms with van der Waals surface area (Å²) in [5, 5.41) is 8.60. The number of unbranched alkanes of at least 4 members (excludes halogenated alkanes) is 2. The second-order valence-corrected chi connectivity index (χ2v) is 6.58. The van der Waals surface area contributed by atoms with Crippen LogP contribution in [0.5, 0.6) is 0 Å². The number of nitrogens with two attached hydrogens (primary N) is 1. The van der Waals surface area contributed by atoms with Crippen LogP contribution in [0.3, 0.4) is 0 Å². The van der Waals surface area contributed by atoms with Crippen LogP contribution in [0.25, 0.3) is 0 Å². The van der Waals surface area contributed by atoms with Gasteiger partial charge in [0, 0.05) is 17.6 Å². The Morgan fingerprint density at radius 1 is 1.32 bits per heavy atom. The van der Waals surface area contributed by atoms with E-state index in [9.17, 15) is 12.8 Å². The zero-order chi connectivity index (χ0) is 14.5. The van der Waals surface area contributed by atoms with Crippen LogP contribution in [0.2, 0.25) is 0 Å². The molecule has 0 amide bonds. The number of aliphatic hydroxyl groups is 1. The number of halogens is 2. The lowest BCUT2D eigenvalue weighted by molar-refractivity contribution is 0.283. The van der Waals surface area contributed by atoms with Gasteiger partial charge >= 0.3 is 0 Å². The minimum atomic E-state index is -3.72. The predicted molar refractivity (Wildman–Crippen MR) is 74.6 cm³/mol. The van der Waals surface area contributed by atoms with Crippen LogP contribution in [0.15, 0.2) is 21.5 Å². The van der Waals surface area contributed by atoms with Crippen LogP contribution in [0, 0.1) is 5.82 Å². The van der Waals surface area contributed by atoms with Gasteiger partial charge < -0.3 is 10.8 Å². The first-order valence-electron chi connectivity index (χ1n) is 5.73. The zero-order valence-corrected chi connectivity index (χ0v) is 12.6. The van der Waals surface area contributed by atoms with E-state index in [-0.39, 0.29) is 28.2 Å². The lowest BCUT2D eigenvalue weighted by atomic mass is 10.2. The molecule has 0 heterocycles. The van der Waals surface area contributed by atoms with E-state index >= 15 is 0 Å². The Morgan fingerprint density at radius 2 is 2.00 bits per heavy atom. The molecular weight excluding hydrogens is 339 g/mol. The summed E-state index contributed by atoms with van der Waals surface area (Å²) in [7, 11) is -3.72. The molecule has 0 atom stereocenters. The first kappa shape index (κ1) is 16.4. The number of hydrogen-bond donors (Lipinski definition) is 3. The van der Waals surface area contributed by atoms with Gasteiger partial charge in [0.2, 0.25) is 10.0 Å². The molecule has 0 radical (unpaired) electrons. The lowest BCUT2D eigenvalue weighted by Gasteiger charge is -2.09. The summed E-state index contributed by atoms with van der Waals surface area (Å²) in [5.41, 5.74) is 5.15. The van der Waals surface area contributed by atoms with Crippen molar-refractivity contribution in [1.82, 2.24) is 4.72 Å². The maximum atomic E-state index is 13.1. The normalized spacial score (nSPS) is 11.7.